The van der Waals surface area contributed by atoms with Crippen LogP contribution in [0.3, 0.4) is 0 Å². The molecule has 1 fully saturated rings. The molecule has 4 aromatic rings. The zero-order valence-corrected chi connectivity index (χ0v) is 23.8. The number of carbonyl (C=O) groups excluding carboxylic acids is 1. The van der Waals surface area contributed by atoms with Crippen LogP contribution in [0.15, 0.2) is 24.5 Å². The number of carbonyl (C=O) groups is 1. The largest absolute Gasteiger partial charge is 0.418 e. The maximum absolute atomic E-state index is 12.7. The minimum atomic E-state index is -1.08. The summed E-state index contributed by atoms with van der Waals surface area (Å²) < 4.78 is 25.2. The van der Waals surface area contributed by atoms with Gasteiger partial charge >= 0.3 is 0 Å². The molecule has 0 bridgehead atoms. The number of rotatable bonds is 8. The molecule has 3 N–H and O–H groups in total. The number of nitrogens with zero attached hydrogens (tertiary/aromatic N) is 5. The van der Waals surface area contributed by atoms with Gasteiger partial charge in [0.1, 0.15) is 17.7 Å². The number of nitrogens with one attached hydrogen (secondary N) is 2. The highest BCUT2D eigenvalue weighted by molar-refractivity contribution is 7.21. The van der Waals surface area contributed by atoms with Crippen molar-refractivity contribution >= 4 is 55.7 Å². The van der Waals surface area contributed by atoms with E-state index in [-0.39, 0.29) is 35.8 Å². The number of anilines is 1. The van der Waals surface area contributed by atoms with Crippen molar-refractivity contribution in [3.63, 3.8) is 0 Å². The first-order valence-corrected chi connectivity index (χ1v) is 14.6. The minimum absolute atomic E-state index is 0.00241. The van der Waals surface area contributed by atoms with Gasteiger partial charge in [-0.25, -0.2) is 19.3 Å². The fourth-order valence-electron chi connectivity index (χ4n) is 5.06. The number of aliphatic hydroxyl groups excluding tert-OH is 1. The SMILES string of the molecule is C[C@@H]1CNc2c(sc3ccc4nc(Oc5nc(Cl)ncc5CN5CCC(OCC(O)CF)CC5)cnc4c23)C(=O)N1. The third kappa shape index (κ3) is 6.04. The third-order valence-electron chi connectivity index (χ3n) is 7.14. The smallest absolute Gasteiger partial charge is 0.263 e. The van der Waals surface area contributed by atoms with Gasteiger partial charge in [-0.1, -0.05) is 0 Å². The van der Waals surface area contributed by atoms with Gasteiger partial charge in [0.25, 0.3) is 5.91 Å². The zero-order chi connectivity index (χ0) is 28.5. The van der Waals surface area contributed by atoms with Crippen LogP contribution in [-0.2, 0) is 11.3 Å². The highest BCUT2D eigenvalue weighted by Crippen LogP contribution is 2.40. The average molecular weight is 602 g/mol. The second-order valence-corrected chi connectivity index (χ2v) is 11.7. The van der Waals surface area contributed by atoms with Crippen molar-refractivity contribution in [3.05, 3.63) is 40.3 Å². The van der Waals surface area contributed by atoms with Crippen LogP contribution < -0.4 is 15.4 Å². The van der Waals surface area contributed by atoms with E-state index in [0.29, 0.717) is 34.9 Å². The predicted molar refractivity (Wildman–Crippen MR) is 154 cm³/mol. The number of alkyl halides is 1. The molecule has 0 saturated carbocycles. The summed E-state index contributed by atoms with van der Waals surface area (Å²) in [7, 11) is 0. The van der Waals surface area contributed by atoms with Crippen LogP contribution in [0.2, 0.25) is 5.28 Å². The first kappa shape index (κ1) is 27.9. The van der Waals surface area contributed by atoms with Gasteiger partial charge in [-0.15, -0.1) is 11.3 Å². The summed E-state index contributed by atoms with van der Waals surface area (Å²) in [6.45, 7) is 3.79. The van der Waals surface area contributed by atoms with Gasteiger partial charge in [0.05, 0.1) is 35.6 Å². The van der Waals surface area contributed by atoms with Crippen LogP contribution in [0, 0.1) is 0 Å². The van der Waals surface area contributed by atoms with Gasteiger partial charge in [-0.05, 0) is 43.5 Å². The summed E-state index contributed by atoms with van der Waals surface area (Å²) in [5.41, 5.74) is 2.81. The molecule has 2 aliphatic heterocycles. The molecule has 2 aliphatic rings. The molecule has 3 aromatic heterocycles. The van der Waals surface area contributed by atoms with Gasteiger partial charge in [0, 0.05) is 54.1 Å². The van der Waals surface area contributed by atoms with Crippen LogP contribution in [0.5, 0.6) is 11.8 Å². The highest BCUT2D eigenvalue weighted by Gasteiger charge is 2.26. The van der Waals surface area contributed by atoms with E-state index in [2.05, 4.69) is 35.5 Å². The lowest BCUT2D eigenvalue weighted by atomic mass is 10.1. The lowest BCUT2D eigenvalue weighted by molar-refractivity contribution is -0.0409. The maximum atomic E-state index is 12.7. The molecule has 11 nitrogen and oxygen atoms in total. The molecular formula is C27H29ClFN7O4S. The summed E-state index contributed by atoms with van der Waals surface area (Å²) in [6, 6.07) is 3.81. The number of benzene rings is 1. The summed E-state index contributed by atoms with van der Waals surface area (Å²) in [4.78, 5) is 33.4. The Bertz CT molecular complexity index is 1580. The van der Waals surface area contributed by atoms with E-state index in [4.69, 9.17) is 21.1 Å². The Hall–Kier alpha value is -3.23. The Balaban J connectivity index is 1.20. The Labute approximate surface area is 244 Å². The van der Waals surface area contributed by atoms with E-state index in [0.717, 1.165) is 47.3 Å². The number of piperidine rings is 1. The molecule has 41 heavy (non-hydrogen) atoms. The van der Waals surface area contributed by atoms with Gasteiger partial charge in [-0.2, -0.15) is 4.98 Å². The number of thiophene rings is 1. The van der Waals surface area contributed by atoms with Crippen molar-refractivity contribution in [1.29, 1.82) is 0 Å². The highest BCUT2D eigenvalue weighted by atomic mass is 35.5. The molecule has 6 rings (SSSR count). The number of aliphatic hydroxyl groups is 1. The fraction of sp³-hybridized carbons (Fsp3) is 0.444. The van der Waals surface area contributed by atoms with Gasteiger partial charge in [0.2, 0.25) is 17.0 Å². The molecular weight excluding hydrogens is 573 g/mol. The number of hydrogen-bond acceptors (Lipinski definition) is 11. The molecule has 2 atom stereocenters. The molecule has 14 heteroatoms. The Morgan fingerprint density at radius 1 is 1.24 bits per heavy atom. The Morgan fingerprint density at radius 2 is 2.07 bits per heavy atom. The van der Waals surface area contributed by atoms with E-state index in [1.807, 2.05) is 19.1 Å². The van der Waals surface area contributed by atoms with Crippen molar-refractivity contribution in [2.75, 3.05) is 38.2 Å². The normalized spacial score (nSPS) is 19.0. The zero-order valence-electron chi connectivity index (χ0n) is 22.3. The molecule has 1 amide bonds. The predicted octanol–water partition coefficient (Wildman–Crippen LogP) is 3.94. The van der Waals surface area contributed by atoms with Crippen molar-refractivity contribution in [1.82, 2.24) is 30.2 Å². The number of aromatic nitrogens is 4. The number of hydrogen-bond donors (Lipinski definition) is 3. The molecule has 0 aliphatic carbocycles. The Morgan fingerprint density at radius 3 is 2.88 bits per heavy atom. The van der Waals surface area contributed by atoms with E-state index in [1.54, 1.807) is 12.4 Å². The van der Waals surface area contributed by atoms with Crippen LogP contribution in [0.25, 0.3) is 21.1 Å². The van der Waals surface area contributed by atoms with Crippen molar-refractivity contribution < 1.29 is 23.8 Å². The van der Waals surface area contributed by atoms with Crippen LogP contribution >= 0.6 is 22.9 Å². The molecule has 1 unspecified atom stereocenters. The lowest BCUT2D eigenvalue weighted by Gasteiger charge is -2.32. The van der Waals surface area contributed by atoms with E-state index in [9.17, 15) is 14.3 Å². The molecule has 0 spiro atoms. The monoisotopic (exact) mass is 601 g/mol. The molecule has 5 heterocycles. The standard InChI is InChI=1S/C27H29ClFN7O4S/c1-14-9-30-23-21-19(41-24(23)25(38)33-14)3-2-18-22(21)31-11-20(34-18)40-26-15(10-32-27(28)35-26)12-36-6-4-17(5-7-36)39-13-16(37)8-29/h2-3,10-11,14,16-17,30,37H,4-9,12-13H2,1H3,(H,33,38)/t14-,16?/m1/s1. The van der Waals surface area contributed by atoms with E-state index >= 15 is 0 Å². The maximum Gasteiger partial charge on any atom is 0.263 e. The van der Waals surface area contributed by atoms with Crippen LogP contribution in [0.4, 0.5) is 10.1 Å². The van der Waals surface area contributed by atoms with E-state index in [1.165, 1.54) is 11.3 Å². The van der Waals surface area contributed by atoms with Gasteiger partial charge < -0.3 is 25.2 Å². The average Bonchev–Trinajstić information content (AvgIpc) is 3.29. The first-order valence-electron chi connectivity index (χ1n) is 13.4. The van der Waals surface area contributed by atoms with Crippen LogP contribution in [0.1, 0.15) is 35.0 Å². The van der Waals surface area contributed by atoms with E-state index < -0.39 is 12.8 Å². The number of amides is 1. The molecule has 1 saturated heterocycles. The lowest BCUT2D eigenvalue weighted by Crippen LogP contribution is -2.37. The number of fused-ring (bicyclic) bond motifs is 5. The summed E-state index contributed by atoms with van der Waals surface area (Å²) in [6.07, 6.45) is 3.60. The van der Waals surface area contributed by atoms with Crippen LogP contribution in [-0.4, -0.2) is 87.0 Å². The molecule has 0 radical (unpaired) electrons. The summed E-state index contributed by atoms with van der Waals surface area (Å²) in [5, 5.41) is 16.7. The first-order chi connectivity index (χ1) is 19.9. The summed E-state index contributed by atoms with van der Waals surface area (Å²) >= 11 is 7.54. The third-order valence-corrected chi connectivity index (χ3v) is 8.47. The van der Waals surface area contributed by atoms with Gasteiger partial charge in [0.15, 0.2) is 0 Å². The topological polar surface area (TPSA) is 135 Å². The van der Waals surface area contributed by atoms with Crippen molar-refractivity contribution in [2.24, 2.45) is 0 Å². The number of ether oxygens (including phenoxy) is 2. The fourth-order valence-corrected chi connectivity index (χ4v) is 6.27. The van der Waals surface area contributed by atoms with Crippen molar-refractivity contribution in [2.45, 2.75) is 44.6 Å². The summed E-state index contributed by atoms with van der Waals surface area (Å²) in [5.74, 6) is 0.452. The molecule has 216 valence electrons. The second kappa shape index (κ2) is 11.9. The Kier molecular flexibility index (Phi) is 8.13. The molecule has 1 aromatic carbocycles. The van der Waals surface area contributed by atoms with Crippen molar-refractivity contribution in [3.8, 4) is 11.8 Å². The number of likely N-dealkylation sites (tertiary alicyclic amines) is 1. The second-order valence-electron chi connectivity index (χ2n) is 10.3. The number of halogens is 2. The van der Waals surface area contributed by atoms with Gasteiger partial charge in [-0.3, -0.25) is 9.69 Å². The minimum Gasteiger partial charge on any atom is -0.418 e. The quantitative estimate of drug-likeness (QED) is 0.255.